The lowest BCUT2D eigenvalue weighted by Crippen LogP contribution is -2.40. The minimum absolute atomic E-state index is 0.0115. The number of amides is 4. The van der Waals surface area contributed by atoms with Gasteiger partial charge in [-0.2, -0.15) is 5.26 Å². The minimum Gasteiger partial charge on any atom is -0.350 e. The van der Waals surface area contributed by atoms with Gasteiger partial charge in [0.1, 0.15) is 13.0 Å². The van der Waals surface area contributed by atoms with Crippen LogP contribution in [0.3, 0.4) is 0 Å². The molecule has 2 aromatic rings. The number of nitro groups is 1. The van der Waals surface area contributed by atoms with Crippen molar-refractivity contribution < 1.29 is 24.1 Å². The van der Waals surface area contributed by atoms with Crippen LogP contribution in [0.5, 0.6) is 0 Å². The number of hydrogen-bond acceptors (Lipinski definition) is 7. The number of nitrogens with one attached hydrogen (secondary N) is 2. The molecule has 0 atom stereocenters. The van der Waals surface area contributed by atoms with Gasteiger partial charge in [-0.25, -0.2) is 0 Å². The Balaban J connectivity index is 1.57. The van der Waals surface area contributed by atoms with Gasteiger partial charge >= 0.3 is 0 Å². The number of anilines is 1. The number of imide groups is 1. The fourth-order valence-corrected chi connectivity index (χ4v) is 2.92. The Labute approximate surface area is 175 Å². The summed E-state index contributed by atoms with van der Waals surface area (Å²) in [6.07, 6.45) is -0.261. The van der Waals surface area contributed by atoms with Crippen LogP contribution in [-0.4, -0.2) is 40.0 Å². The number of nitriles is 1. The number of nitrogens with zero attached hydrogens (tertiary/aromatic N) is 3. The number of fused-ring (bicyclic) bond motifs is 1. The third-order valence-electron chi connectivity index (χ3n) is 4.43. The molecule has 11 heteroatoms. The molecule has 0 bridgehead atoms. The molecular formula is C20H15N5O6. The third kappa shape index (κ3) is 4.70. The van der Waals surface area contributed by atoms with Crippen LogP contribution in [0.25, 0.3) is 0 Å². The molecule has 0 fully saturated rings. The summed E-state index contributed by atoms with van der Waals surface area (Å²) in [5.41, 5.74) is 0.775. The molecule has 4 amide bonds. The maximum Gasteiger partial charge on any atom is 0.270 e. The summed E-state index contributed by atoms with van der Waals surface area (Å²) in [6, 6.07) is 11.6. The number of benzene rings is 2. The molecule has 2 N–H and O–H groups in total. The van der Waals surface area contributed by atoms with E-state index in [1.807, 2.05) is 0 Å². The van der Waals surface area contributed by atoms with Gasteiger partial charge in [-0.05, 0) is 23.8 Å². The lowest BCUT2D eigenvalue weighted by Gasteiger charge is -2.13. The number of rotatable bonds is 7. The fourth-order valence-electron chi connectivity index (χ4n) is 2.92. The molecule has 31 heavy (non-hydrogen) atoms. The van der Waals surface area contributed by atoms with Gasteiger partial charge in [-0.1, -0.05) is 12.1 Å². The van der Waals surface area contributed by atoms with E-state index >= 15 is 0 Å². The Kier molecular flexibility index (Phi) is 6.02. The second-order valence-electron chi connectivity index (χ2n) is 6.54. The second kappa shape index (κ2) is 8.83. The van der Waals surface area contributed by atoms with Crippen LogP contribution >= 0.6 is 0 Å². The Morgan fingerprint density at radius 3 is 2.35 bits per heavy atom. The van der Waals surface area contributed by atoms with E-state index in [9.17, 15) is 29.3 Å². The van der Waals surface area contributed by atoms with Crippen molar-refractivity contribution in [3.8, 4) is 6.07 Å². The number of nitro benzene ring substituents is 1. The highest BCUT2D eigenvalue weighted by molar-refractivity contribution is 6.22. The molecule has 3 rings (SSSR count). The first-order valence-electron chi connectivity index (χ1n) is 8.97. The van der Waals surface area contributed by atoms with Crippen LogP contribution in [0.15, 0.2) is 42.5 Å². The van der Waals surface area contributed by atoms with E-state index in [1.54, 1.807) is 30.3 Å². The first-order chi connectivity index (χ1) is 14.8. The zero-order valence-electron chi connectivity index (χ0n) is 16.0. The molecule has 0 saturated carbocycles. The van der Waals surface area contributed by atoms with Crippen LogP contribution in [0.1, 0.15) is 32.7 Å². The van der Waals surface area contributed by atoms with Crippen molar-refractivity contribution >= 4 is 35.0 Å². The van der Waals surface area contributed by atoms with Gasteiger partial charge < -0.3 is 10.6 Å². The largest absolute Gasteiger partial charge is 0.350 e. The predicted octanol–water partition coefficient (Wildman–Crippen LogP) is 1.36. The highest BCUT2D eigenvalue weighted by atomic mass is 16.6. The number of carbonyl (C=O) groups is 4. The standard InChI is InChI=1S/C20H15N5O6/c21-8-7-17(26)23-13-3-1-12(2-4-13)10-22-18(27)11-24-19(28)15-6-5-14(25(30)31)9-16(15)20(24)29/h1-6,9H,7,10-11H2,(H,22,27)(H,23,26). The van der Waals surface area contributed by atoms with Crippen molar-refractivity contribution in [1.82, 2.24) is 10.2 Å². The first kappa shape index (κ1) is 21.1. The maximum absolute atomic E-state index is 12.4. The average molecular weight is 421 g/mol. The molecule has 1 aliphatic rings. The Hall–Kier alpha value is -4.59. The van der Waals surface area contributed by atoms with E-state index in [-0.39, 0.29) is 29.8 Å². The highest BCUT2D eigenvalue weighted by Crippen LogP contribution is 2.26. The Morgan fingerprint density at radius 2 is 1.71 bits per heavy atom. The van der Waals surface area contributed by atoms with Crippen molar-refractivity contribution in [3.63, 3.8) is 0 Å². The molecule has 0 aliphatic carbocycles. The van der Waals surface area contributed by atoms with Gasteiger partial charge in [-0.15, -0.1) is 0 Å². The number of carbonyl (C=O) groups excluding carboxylic acids is 4. The van der Waals surface area contributed by atoms with E-state index < -0.39 is 35.1 Å². The monoisotopic (exact) mass is 421 g/mol. The lowest BCUT2D eigenvalue weighted by molar-refractivity contribution is -0.384. The smallest absolute Gasteiger partial charge is 0.270 e. The van der Waals surface area contributed by atoms with Gasteiger partial charge in [-0.3, -0.25) is 34.2 Å². The fraction of sp³-hybridized carbons (Fsp3) is 0.150. The van der Waals surface area contributed by atoms with E-state index in [0.29, 0.717) is 11.3 Å². The second-order valence-corrected chi connectivity index (χ2v) is 6.54. The van der Waals surface area contributed by atoms with Gasteiger partial charge in [0.2, 0.25) is 11.8 Å². The SMILES string of the molecule is N#CCC(=O)Nc1ccc(CNC(=O)CN2C(=O)c3ccc([N+](=O)[O-])cc3C2=O)cc1. The topological polar surface area (TPSA) is 163 Å². The summed E-state index contributed by atoms with van der Waals surface area (Å²) in [6.45, 7) is -0.414. The molecule has 0 unspecified atom stereocenters. The zero-order chi connectivity index (χ0) is 22.5. The predicted molar refractivity (Wildman–Crippen MR) is 106 cm³/mol. The molecule has 0 aromatic heterocycles. The summed E-state index contributed by atoms with van der Waals surface area (Å²) < 4.78 is 0. The van der Waals surface area contributed by atoms with E-state index in [1.165, 1.54) is 6.07 Å². The summed E-state index contributed by atoms with van der Waals surface area (Å²) in [5, 5.41) is 24.5. The third-order valence-corrected chi connectivity index (χ3v) is 4.43. The van der Waals surface area contributed by atoms with Gasteiger partial charge in [0.25, 0.3) is 17.5 Å². The molecule has 156 valence electrons. The average Bonchev–Trinajstić information content (AvgIpc) is 2.97. The van der Waals surface area contributed by atoms with Crippen LogP contribution in [0.2, 0.25) is 0 Å². The van der Waals surface area contributed by atoms with Crippen molar-refractivity contribution in [2.45, 2.75) is 13.0 Å². The Morgan fingerprint density at radius 1 is 1.03 bits per heavy atom. The molecule has 0 spiro atoms. The van der Waals surface area contributed by atoms with E-state index in [4.69, 9.17) is 5.26 Å². The normalized spacial score (nSPS) is 12.2. The molecule has 2 aromatic carbocycles. The summed E-state index contributed by atoms with van der Waals surface area (Å²) >= 11 is 0. The zero-order valence-corrected chi connectivity index (χ0v) is 16.0. The molecule has 0 radical (unpaired) electrons. The molecule has 1 heterocycles. The molecular weight excluding hydrogens is 406 g/mol. The summed E-state index contributed by atoms with van der Waals surface area (Å²) in [7, 11) is 0. The number of hydrogen-bond donors (Lipinski definition) is 2. The van der Waals surface area contributed by atoms with Crippen molar-refractivity contribution in [2.24, 2.45) is 0 Å². The van der Waals surface area contributed by atoms with Gasteiger partial charge in [0, 0.05) is 24.4 Å². The quantitative estimate of drug-likeness (QED) is 0.387. The molecule has 11 nitrogen and oxygen atoms in total. The first-order valence-corrected chi connectivity index (χ1v) is 8.97. The maximum atomic E-state index is 12.4. The summed E-state index contributed by atoms with van der Waals surface area (Å²) in [4.78, 5) is 59.3. The molecule has 1 aliphatic heterocycles. The highest BCUT2D eigenvalue weighted by Gasteiger charge is 2.37. The van der Waals surface area contributed by atoms with Crippen LogP contribution in [0.4, 0.5) is 11.4 Å². The van der Waals surface area contributed by atoms with Crippen molar-refractivity contribution in [2.75, 3.05) is 11.9 Å². The van der Waals surface area contributed by atoms with Crippen molar-refractivity contribution in [1.29, 1.82) is 5.26 Å². The summed E-state index contributed by atoms with van der Waals surface area (Å²) in [5.74, 6) is -2.48. The van der Waals surface area contributed by atoms with E-state index in [2.05, 4.69) is 10.6 Å². The van der Waals surface area contributed by atoms with Crippen molar-refractivity contribution in [3.05, 3.63) is 69.3 Å². The molecule has 0 saturated heterocycles. The minimum atomic E-state index is -0.767. The van der Waals surface area contributed by atoms with Crippen LogP contribution in [0, 0.1) is 21.4 Å². The van der Waals surface area contributed by atoms with Gasteiger partial charge in [0.15, 0.2) is 0 Å². The number of non-ortho nitro benzene ring substituents is 1. The Bertz CT molecular complexity index is 1140. The lowest BCUT2D eigenvalue weighted by atomic mass is 10.1. The van der Waals surface area contributed by atoms with Gasteiger partial charge in [0.05, 0.1) is 22.1 Å². The van der Waals surface area contributed by atoms with E-state index in [0.717, 1.165) is 17.0 Å². The van der Waals surface area contributed by atoms with Crippen LogP contribution < -0.4 is 10.6 Å². The van der Waals surface area contributed by atoms with Crippen LogP contribution in [-0.2, 0) is 16.1 Å².